The van der Waals surface area contributed by atoms with Crippen LogP contribution in [0.4, 0.5) is 0 Å². The van der Waals surface area contributed by atoms with Gasteiger partial charge in [0.05, 0.1) is 8.95 Å². The summed E-state index contributed by atoms with van der Waals surface area (Å²) in [5.74, 6) is 0.221. The first-order chi connectivity index (χ1) is 9.06. The second kappa shape index (κ2) is 6.75. The van der Waals surface area contributed by atoms with Crippen LogP contribution in [0.5, 0.6) is 5.75 Å². The maximum absolute atomic E-state index is 9.64. The summed E-state index contributed by atoms with van der Waals surface area (Å²) in [7, 11) is 0. The lowest BCUT2D eigenvalue weighted by molar-refractivity contribution is 0.468. The molecule has 0 aliphatic heterocycles. The van der Waals surface area contributed by atoms with Crippen molar-refractivity contribution in [1.29, 1.82) is 0 Å². The van der Waals surface area contributed by atoms with Crippen molar-refractivity contribution in [2.24, 2.45) is 0 Å². The lowest BCUT2D eigenvalue weighted by Crippen LogP contribution is -2.12. The van der Waals surface area contributed by atoms with Crippen LogP contribution in [-0.4, -0.2) is 5.11 Å². The van der Waals surface area contributed by atoms with Gasteiger partial charge in [-0.25, -0.2) is 0 Å². The van der Waals surface area contributed by atoms with Gasteiger partial charge < -0.3 is 10.4 Å². The number of hydrogen-bond acceptors (Lipinski definition) is 2. The molecule has 5 heteroatoms. The van der Waals surface area contributed by atoms with Crippen LogP contribution in [-0.2, 0) is 13.1 Å². The van der Waals surface area contributed by atoms with Crippen LogP contribution in [0.2, 0.25) is 5.02 Å². The summed E-state index contributed by atoms with van der Waals surface area (Å²) in [6.07, 6.45) is 0. The average Bonchev–Trinajstić information content (AvgIpc) is 2.36. The Kier molecular flexibility index (Phi) is 5.28. The fourth-order valence-electron chi connectivity index (χ4n) is 1.72. The lowest BCUT2D eigenvalue weighted by atomic mass is 10.2. The number of phenols is 1. The monoisotopic (exact) mass is 403 g/mol. The quantitative estimate of drug-likeness (QED) is 0.761. The average molecular weight is 406 g/mol. The Morgan fingerprint density at radius 2 is 1.63 bits per heavy atom. The molecule has 100 valence electrons. The Morgan fingerprint density at radius 1 is 1.00 bits per heavy atom. The molecule has 2 nitrogen and oxygen atoms in total. The summed E-state index contributed by atoms with van der Waals surface area (Å²) >= 11 is 12.6. The Balaban J connectivity index is 1.96. The fraction of sp³-hybridized carbons (Fsp3) is 0.143. The summed E-state index contributed by atoms with van der Waals surface area (Å²) < 4.78 is 1.36. The van der Waals surface area contributed by atoms with Crippen molar-refractivity contribution in [3.63, 3.8) is 0 Å². The predicted molar refractivity (Wildman–Crippen MR) is 85.5 cm³/mol. The molecule has 2 rings (SSSR count). The van der Waals surface area contributed by atoms with Gasteiger partial charge in [0.1, 0.15) is 5.75 Å². The number of rotatable bonds is 4. The van der Waals surface area contributed by atoms with Gasteiger partial charge in [-0.15, -0.1) is 0 Å². The van der Waals surface area contributed by atoms with Gasteiger partial charge in [-0.3, -0.25) is 0 Å². The molecule has 0 radical (unpaired) electrons. The second-order valence-electron chi connectivity index (χ2n) is 4.14. The summed E-state index contributed by atoms with van der Waals surface area (Å²) in [6, 6.07) is 11.6. The molecule has 0 fully saturated rings. The zero-order valence-electron chi connectivity index (χ0n) is 9.96. The third-order valence-electron chi connectivity index (χ3n) is 2.62. The van der Waals surface area contributed by atoms with Gasteiger partial charge in [0.2, 0.25) is 0 Å². The minimum Gasteiger partial charge on any atom is -0.506 e. The van der Waals surface area contributed by atoms with E-state index in [1.165, 1.54) is 0 Å². The predicted octanol–water partition coefficient (Wildman–Crippen LogP) is 4.86. The van der Waals surface area contributed by atoms with Crippen LogP contribution in [0.1, 0.15) is 11.1 Å². The SMILES string of the molecule is Oc1c(Br)cc(CNCc2cccc(Cl)c2)cc1Br. The van der Waals surface area contributed by atoms with Gasteiger partial charge in [0.25, 0.3) is 0 Å². The van der Waals surface area contributed by atoms with Crippen molar-refractivity contribution < 1.29 is 5.11 Å². The topological polar surface area (TPSA) is 32.3 Å². The summed E-state index contributed by atoms with van der Waals surface area (Å²) in [6.45, 7) is 1.46. The van der Waals surface area contributed by atoms with Crippen molar-refractivity contribution in [1.82, 2.24) is 5.32 Å². The molecule has 2 N–H and O–H groups in total. The van der Waals surface area contributed by atoms with Gasteiger partial charge in [0, 0.05) is 18.1 Å². The maximum atomic E-state index is 9.64. The minimum atomic E-state index is 0.221. The van der Waals surface area contributed by atoms with E-state index in [0.717, 1.165) is 22.7 Å². The zero-order valence-corrected chi connectivity index (χ0v) is 13.9. The Labute approximate surface area is 134 Å². The third-order valence-corrected chi connectivity index (χ3v) is 4.07. The zero-order chi connectivity index (χ0) is 13.8. The molecule has 0 unspecified atom stereocenters. The normalized spacial score (nSPS) is 10.7. The molecular formula is C14H12Br2ClNO. The highest BCUT2D eigenvalue weighted by atomic mass is 79.9. The minimum absolute atomic E-state index is 0.221. The van der Waals surface area contributed by atoms with E-state index in [9.17, 15) is 5.11 Å². The Morgan fingerprint density at radius 3 is 2.26 bits per heavy atom. The van der Waals surface area contributed by atoms with Crippen LogP contribution in [0.25, 0.3) is 0 Å². The number of phenolic OH excluding ortho intramolecular Hbond substituents is 1. The van der Waals surface area contributed by atoms with Gasteiger partial charge in [0.15, 0.2) is 0 Å². The fourth-order valence-corrected chi connectivity index (χ4v) is 3.21. The van der Waals surface area contributed by atoms with Crippen molar-refractivity contribution >= 4 is 43.5 Å². The highest BCUT2D eigenvalue weighted by Gasteiger charge is 2.05. The van der Waals surface area contributed by atoms with Crippen LogP contribution in [0.3, 0.4) is 0 Å². The van der Waals surface area contributed by atoms with E-state index >= 15 is 0 Å². The van der Waals surface area contributed by atoms with Crippen molar-refractivity contribution in [2.75, 3.05) is 0 Å². The molecule has 2 aromatic carbocycles. The van der Waals surface area contributed by atoms with E-state index in [4.69, 9.17) is 11.6 Å². The van der Waals surface area contributed by atoms with E-state index in [1.54, 1.807) is 0 Å². The second-order valence-corrected chi connectivity index (χ2v) is 6.29. The molecule has 0 aliphatic carbocycles. The number of nitrogens with one attached hydrogen (secondary N) is 1. The molecule has 0 aromatic heterocycles. The number of halogens is 3. The van der Waals surface area contributed by atoms with E-state index in [0.29, 0.717) is 15.5 Å². The summed E-state index contributed by atoms with van der Waals surface area (Å²) in [5.41, 5.74) is 2.22. The standard InChI is InChI=1S/C14H12Br2ClNO/c15-12-5-10(6-13(16)14(12)19)8-18-7-9-2-1-3-11(17)4-9/h1-6,18-19H,7-8H2. The van der Waals surface area contributed by atoms with Crippen LogP contribution < -0.4 is 5.32 Å². The van der Waals surface area contributed by atoms with Gasteiger partial charge in [-0.2, -0.15) is 0 Å². The molecule has 0 aliphatic rings. The Bertz CT molecular complexity index is 566. The van der Waals surface area contributed by atoms with E-state index in [1.807, 2.05) is 36.4 Å². The maximum Gasteiger partial charge on any atom is 0.143 e. The van der Waals surface area contributed by atoms with Gasteiger partial charge in [-0.05, 0) is 67.3 Å². The van der Waals surface area contributed by atoms with Crippen LogP contribution in [0.15, 0.2) is 45.3 Å². The molecule has 0 saturated carbocycles. The summed E-state index contributed by atoms with van der Waals surface area (Å²) in [5, 5.41) is 13.7. The largest absolute Gasteiger partial charge is 0.506 e. The van der Waals surface area contributed by atoms with Crippen molar-refractivity contribution in [2.45, 2.75) is 13.1 Å². The summed E-state index contributed by atoms with van der Waals surface area (Å²) in [4.78, 5) is 0. The molecule has 0 amide bonds. The molecule has 0 atom stereocenters. The van der Waals surface area contributed by atoms with E-state index in [2.05, 4.69) is 37.2 Å². The number of benzene rings is 2. The molecule has 19 heavy (non-hydrogen) atoms. The van der Waals surface area contributed by atoms with E-state index < -0.39 is 0 Å². The smallest absolute Gasteiger partial charge is 0.143 e. The third kappa shape index (κ3) is 4.21. The number of aromatic hydroxyl groups is 1. The van der Waals surface area contributed by atoms with Crippen LogP contribution >= 0.6 is 43.5 Å². The van der Waals surface area contributed by atoms with Crippen molar-refractivity contribution in [3.05, 3.63) is 61.5 Å². The molecule has 0 heterocycles. The first kappa shape index (κ1) is 14.9. The van der Waals surface area contributed by atoms with Gasteiger partial charge >= 0.3 is 0 Å². The van der Waals surface area contributed by atoms with Gasteiger partial charge in [-0.1, -0.05) is 23.7 Å². The van der Waals surface area contributed by atoms with Crippen molar-refractivity contribution in [3.8, 4) is 5.75 Å². The van der Waals surface area contributed by atoms with E-state index in [-0.39, 0.29) is 5.75 Å². The molecule has 2 aromatic rings. The number of hydrogen-bond donors (Lipinski definition) is 2. The molecule has 0 saturated heterocycles. The lowest BCUT2D eigenvalue weighted by Gasteiger charge is -2.08. The molecule has 0 bridgehead atoms. The molecular weight excluding hydrogens is 393 g/mol. The first-order valence-corrected chi connectivity index (χ1v) is 7.64. The first-order valence-electron chi connectivity index (χ1n) is 5.68. The van der Waals surface area contributed by atoms with Crippen LogP contribution in [0, 0.1) is 0 Å². The molecule has 0 spiro atoms. The highest BCUT2D eigenvalue weighted by molar-refractivity contribution is 9.11. The Hall–Kier alpha value is -0.550. The highest BCUT2D eigenvalue weighted by Crippen LogP contribution is 2.33.